The summed E-state index contributed by atoms with van der Waals surface area (Å²) in [4.78, 5) is 20.3. The third kappa shape index (κ3) is 10.9. The van der Waals surface area contributed by atoms with Crippen molar-refractivity contribution >= 4 is 11.9 Å². The van der Waals surface area contributed by atoms with Crippen LogP contribution in [0.5, 0.6) is 0 Å². The molecule has 2 saturated carbocycles. The topological polar surface area (TPSA) is 74.6 Å². The molecular weight excluding hydrogens is 322 g/mol. The van der Waals surface area contributed by atoms with Crippen LogP contribution in [0.15, 0.2) is 0 Å². The number of carboxylic acid groups (broad SMARTS) is 2. The Bertz CT molecular complexity index is 265. The monoisotopic (exact) mass is 348 g/mol. The second-order valence-electron chi connectivity index (χ2n) is 6.17. The Labute approximate surface area is 140 Å². The molecule has 118 valence electrons. The molecule has 0 unspecified atom stereocenters. The minimum Gasteiger partial charge on any atom is -0.481 e. The standard InChI is InChI=1S/2C8H14O2.Zn/c2*9-8(10)6-5-7-3-1-2-4-7;/h2*7H,1-6H2,(H,9,10);. The van der Waals surface area contributed by atoms with Gasteiger partial charge in [0.15, 0.2) is 0 Å². The number of hydrogen-bond acceptors (Lipinski definition) is 2. The van der Waals surface area contributed by atoms with E-state index >= 15 is 0 Å². The Hall–Kier alpha value is -0.437. The van der Waals surface area contributed by atoms with Gasteiger partial charge in [-0.1, -0.05) is 51.4 Å². The van der Waals surface area contributed by atoms with Crippen LogP contribution in [0, 0.1) is 11.8 Å². The molecule has 5 heteroatoms. The normalized spacial score (nSPS) is 18.7. The van der Waals surface area contributed by atoms with Gasteiger partial charge in [-0.15, -0.1) is 0 Å². The fraction of sp³-hybridized carbons (Fsp3) is 0.875. The largest absolute Gasteiger partial charge is 0.481 e. The van der Waals surface area contributed by atoms with Gasteiger partial charge in [-0.2, -0.15) is 0 Å². The predicted octanol–water partition coefficient (Wildman–Crippen LogP) is 4.08. The molecule has 0 atom stereocenters. The first-order valence-corrected chi connectivity index (χ1v) is 8.01. The van der Waals surface area contributed by atoms with Crippen LogP contribution in [-0.2, 0) is 29.1 Å². The van der Waals surface area contributed by atoms with E-state index in [9.17, 15) is 9.59 Å². The van der Waals surface area contributed by atoms with Crippen LogP contribution in [0.2, 0.25) is 0 Å². The van der Waals surface area contributed by atoms with Crippen molar-refractivity contribution in [2.45, 2.75) is 77.0 Å². The molecule has 2 fully saturated rings. The van der Waals surface area contributed by atoms with E-state index < -0.39 is 11.9 Å². The van der Waals surface area contributed by atoms with Gasteiger partial charge < -0.3 is 10.2 Å². The summed E-state index contributed by atoms with van der Waals surface area (Å²) >= 11 is 0. The van der Waals surface area contributed by atoms with Crippen LogP contribution in [0.1, 0.15) is 77.0 Å². The van der Waals surface area contributed by atoms with Crippen LogP contribution in [0.25, 0.3) is 0 Å². The van der Waals surface area contributed by atoms with E-state index in [-0.39, 0.29) is 19.5 Å². The molecule has 0 bridgehead atoms. The number of hydrogen-bond donors (Lipinski definition) is 2. The second-order valence-corrected chi connectivity index (χ2v) is 6.17. The van der Waals surface area contributed by atoms with Gasteiger partial charge in [-0.05, 0) is 24.7 Å². The molecule has 0 radical (unpaired) electrons. The van der Waals surface area contributed by atoms with Gasteiger partial charge in [0.25, 0.3) is 0 Å². The minimum atomic E-state index is -0.646. The average molecular weight is 350 g/mol. The Balaban J connectivity index is 0.000000364. The zero-order chi connectivity index (χ0) is 14.8. The first-order chi connectivity index (χ1) is 9.58. The van der Waals surface area contributed by atoms with Crippen molar-refractivity contribution in [2.75, 3.05) is 0 Å². The molecule has 0 aliphatic heterocycles. The molecule has 0 saturated heterocycles. The molecule has 0 amide bonds. The van der Waals surface area contributed by atoms with Gasteiger partial charge >= 0.3 is 11.9 Å². The molecule has 0 aromatic carbocycles. The number of carbonyl (C=O) groups is 2. The molecule has 2 aliphatic rings. The minimum absolute atomic E-state index is 0. The summed E-state index contributed by atoms with van der Waals surface area (Å²) in [7, 11) is 0. The van der Waals surface area contributed by atoms with E-state index in [4.69, 9.17) is 10.2 Å². The zero-order valence-electron chi connectivity index (χ0n) is 13.1. The quantitative estimate of drug-likeness (QED) is 0.708. The maximum Gasteiger partial charge on any atom is 0.303 e. The van der Waals surface area contributed by atoms with E-state index in [0.717, 1.165) is 24.7 Å². The summed E-state index contributed by atoms with van der Waals surface area (Å²) in [5.41, 5.74) is 0. The van der Waals surface area contributed by atoms with Gasteiger partial charge in [0, 0.05) is 32.3 Å². The summed E-state index contributed by atoms with van der Waals surface area (Å²) < 4.78 is 0. The van der Waals surface area contributed by atoms with Crippen molar-refractivity contribution in [1.82, 2.24) is 0 Å². The first-order valence-electron chi connectivity index (χ1n) is 8.01. The van der Waals surface area contributed by atoms with Gasteiger partial charge in [0.1, 0.15) is 0 Å². The van der Waals surface area contributed by atoms with E-state index in [1.165, 1.54) is 51.4 Å². The summed E-state index contributed by atoms with van der Waals surface area (Å²) in [6.07, 6.45) is 12.8. The fourth-order valence-electron chi connectivity index (χ4n) is 3.25. The molecular formula is C16H28O4Zn. The fourth-order valence-corrected chi connectivity index (χ4v) is 3.25. The Morgan fingerprint density at radius 1 is 0.714 bits per heavy atom. The maximum atomic E-state index is 10.2. The molecule has 21 heavy (non-hydrogen) atoms. The summed E-state index contributed by atoms with van der Waals surface area (Å²) in [6, 6.07) is 0. The molecule has 2 N–H and O–H groups in total. The Kier molecular flexibility index (Phi) is 11.9. The van der Waals surface area contributed by atoms with Crippen molar-refractivity contribution < 1.29 is 39.3 Å². The summed E-state index contributed by atoms with van der Waals surface area (Å²) in [5.74, 6) is 0.144. The smallest absolute Gasteiger partial charge is 0.303 e. The van der Waals surface area contributed by atoms with Gasteiger partial charge in [-0.25, -0.2) is 0 Å². The van der Waals surface area contributed by atoms with Crippen molar-refractivity contribution in [3.8, 4) is 0 Å². The van der Waals surface area contributed by atoms with Crippen molar-refractivity contribution in [3.63, 3.8) is 0 Å². The van der Waals surface area contributed by atoms with Crippen LogP contribution in [0.4, 0.5) is 0 Å². The van der Waals surface area contributed by atoms with Gasteiger partial charge in [0.05, 0.1) is 0 Å². The molecule has 0 aromatic rings. The maximum absolute atomic E-state index is 10.2. The Morgan fingerprint density at radius 2 is 1.00 bits per heavy atom. The van der Waals surface area contributed by atoms with Crippen LogP contribution < -0.4 is 0 Å². The Morgan fingerprint density at radius 3 is 1.24 bits per heavy atom. The van der Waals surface area contributed by atoms with E-state index in [1.54, 1.807) is 0 Å². The van der Waals surface area contributed by atoms with Crippen LogP contribution in [0.3, 0.4) is 0 Å². The molecule has 0 heterocycles. The van der Waals surface area contributed by atoms with E-state index in [2.05, 4.69) is 0 Å². The van der Waals surface area contributed by atoms with Crippen LogP contribution in [-0.4, -0.2) is 22.2 Å². The van der Waals surface area contributed by atoms with Crippen molar-refractivity contribution in [3.05, 3.63) is 0 Å². The zero-order valence-corrected chi connectivity index (χ0v) is 16.0. The molecule has 2 rings (SSSR count). The third-order valence-electron chi connectivity index (χ3n) is 4.48. The third-order valence-corrected chi connectivity index (χ3v) is 4.48. The molecule has 0 spiro atoms. The van der Waals surface area contributed by atoms with Crippen LogP contribution >= 0.6 is 0 Å². The van der Waals surface area contributed by atoms with Crippen molar-refractivity contribution in [2.24, 2.45) is 11.8 Å². The van der Waals surface area contributed by atoms with Gasteiger partial charge in [-0.3, -0.25) is 9.59 Å². The molecule has 4 nitrogen and oxygen atoms in total. The molecule has 2 aliphatic carbocycles. The number of rotatable bonds is 6. The molecule has 0 aromatic heterocycles. The summed E-state index contributed by atoms with van der Waals surface area (Å²) in [6.45, 7) is 0. The van der Waals surface area contributed by atoms with Crippen molar-refractivity contribution in [1.29, 1.82) is 0 Å². The second kappa shape index (κ2) is 12.1. The summed E-state index contributed by atoms with van der Waals surface area (Å²) in [5, 5.41) is 16.7. The number of carboxylic acids is 2. The van der Waals surface area contributed by atoms with Gasteiger partial charge in [0.2, 0.25) is 0 Å². The van der Waals surface area contributed by atoms with E-state index in [1.807, 2.05) is 0 Å². The van der Waals surface area contributed by atoms with E-state index in [0.29, 0.717) is 12.8 Å². The first kappa shape index (κ1) is 20.6. The average Bonchev–Trinajstić information content (AvgIpc) is 3.08. The number of aliphatic carboxylic acids is 2. The predicted molar refractivity (Wildman–Crippen MR) is 77.7 cm³/mol. The SMILES string of the molecule is O=C(O)CCC1CCCC1.O=C(O)CCC1CCCC1.[Zn].